The van der Waals surface area contributed by atoms with Gasteiger partial charge in [-0.05, 0) is 48.6 Å². The molecule has 7 heteroatoms. The number of rotatable bonds is 5. The molecule has 0 bridgehead atoms. The van der Waals surface area contributed by atoms with Gasteiger partial charge in [0.25, 0.3) is 5.91 Å². The fourth-order valence-electron chi connectivity index (χ4n) is 2.51. The Kier molecular flexibility index (Phi) is 5.90. The first-order valence-corrected chi connectivity index (χ1v) is 10.2. The summed E-state index contributed by atoms with van der Waals surface area (Å²) < 4.78 is 0.498. The molecule has 1 aromatic heterocycles. The molecule has 0 saturated carbocycles. The van der Waals surface area contributed by atoms with Gasteiger partial charge in [0.15, 0.2) is 0 Å². The molecule has 2 aromatic rings. The zero-order valence-corrected chi connectivity index (χ0v) is 16.9. The molecule has 1 N–H and O–H groups in total. The lowest BCUT2D eigenvalue weighted by Gasteiger charge is -2.15. The van der Waals surface area contributed by atoms with E-state index in [4.69, 9.17) is 12.2 Å². The standard InChI is InChI=1S/C19H18N2O2S3/c1-12-5-3-7-15(13(12)2)20-17(22)8-9-21-18(23)16(26-19(21)24)11-14-6-4-10-25-14/h3-7,10-11H,8-9H2,1-2H3,(H,20,22). The second kappa shape index (κ2) is 8.16. The van der Waals surface area contributed by atoms with Crippen molar-refractivity contribution >= 4 is 63.2 Å². The number of carbonyl (C=O) groups is 2. The Morgan fingerprint density at radius 3 is 2.81 bits per heavy atom. The number of hydrogen-bond acceptors (Lipinski definition) is 5. The molecule has 2 amide bonds. The quantitative estimate of drug-likeness (QED) is 0.587. The topological polar surface area (TPSA) is 49.4 Å². The number of thiophene rings is 1. The Labute approximate surface area is 166 Å². The summed E-state index contributed by atoms with van der Waals surface area (Å²) in [5.41, 5.74) is 2.97. The number of aryl methyl sites for hydroxylation is 1. The van der Waals surface area contributed by atoms with E-state index < -0.39 is 0 Å². The zero-order chi connectivity index (χ0) is 18.7. The minimum absolute atomic E-state index is 0.130. The maximum absolute atomic E-state index is 12.5. The van der Waals surface area contributed by atoms with Gasteiger partial charge in [0, 0.05) is 23.5 Å². The van der Waals surface area contributed by atoms with Crippen molar-refractivity contribution in [3.63, 3.8) is 0 Å². The molecule has 134 valence electrons. The van der Waals surface area contributed by atoms with Crippen molar-refractivity contribution < 1.29 is 9.59 Å². The highest BCUT2D eigenvalue weighted by Crippen LogP contribution is 2.33. The molecular formula is C19H18N2O2S3. The van der Waals surface area contributed by atoms with Crippen LogP contribution < -0.4 is 5.32 Å². The number of thioether (sulfide) groups is 1. The number of amides is 2. The van der Waals surface area contributed by atoms with Crippen LogP contribution in [0.4, 0.5) is 5.69 Å². The minimum atomic E-state index is -0.132. The van der Waals surface area contributed by atoms with E-state index in [-0.39, 0.29) is 24.8 Å². The number of benzene rings is 1. The predicted octanol–water partition coefficient (Wildman–Crippen LogP) is 4.59. The van der Waals surface area contributed by atoms with Gasteiger partial charge in [0.1, 0.15) is 4.32 Å². The normalized spacial score (nSPS) is 15.8. The summed E-state index contributed by atoms with van der Waals surface area (Å²) in [5.74, 6) is -0.261. The number of nitrogens with zero attached hydrogens (tertiary/aromatic N) is 1. The first-order valence-electron chi connectivity index (χ1n) is 8.10. The summed E-state index contributed by atoms with van der Waals surface area (Å²) >= 11 is 8.16. The summed E-state index contributed by atoms with van der Waals surface area (Å²) in [5, 5.41) is 4.87. The molecule has 0 aliphatic carbocycles. The molecule has 1 saturated heterocycles. The van der Waals surface area contributed by atoms with E-state index in [1.165, 1.54) is 16.7 Å². The number of carbonyl (C=O) groups excluding carboxylic acids is 2. The number of nitrogens with one attached hydrogen (secondary N) is 1. The maximum Gasteiger partial charge on any atom is 0.266 e. The van der Waals surface area contributed by atoms with Crippen molar-refractivity contribution in [1.82, 2.24) is 4.90 Å². The van der Waals surface area contributed by atoms with Crippen LogP contribution in [0, 0.1) is 13.8 Å². The SMILES string of the molecule is Cc1cccc(NC(=O)CCN2C(=O)C(=Cc3cccs3)SC2=S)c1C. The van der Waals surface area contributed by atoms with Gasteiger partial charge in [-0.15, -0.1) is 11.3 Å². The monoisotopic (exact) mass is 402 g/mol. The van der Waals surface area contributed by atoms with Crippen LogP contribution in [0.25, 0.3) is 6.08 Å². The summed E-state index contributed by atoms with van der Waals surface area (Å²) in [6.07, 6.45) is 2.05. The van der Waals surface area contributed by atoms with E-state index in [0.29, 0.717) is 9.23 Å². The van der Waals surface area contributed by atoms with Crippen LogP contribution in [0.2, 0.25) is 0 Å². The molecular weight excluding hydrogens is 384 g/mol. The molecule has 4 nitrogen and oxygen atoms in total. The van der Waals surface area contributed by atoms with Crippen LogP contribution in [0.3, 0.4) is 0 Å². The van der Waals surface area contributed by atoms with Crippen LogP contribution in [0.5, 0.6) is 0 Å². The van der Waals surface area contributed by atoms with E-state index in [1.807, 2.05) is 55.6 Å². The molecule has 1 aliphatic rings. The van der Waals surface area contributed by atoms with Crippen molar-refractivity contribution in [1.29, 1.82) is 0 Å². The zero-order valence-electron chi connectivity index (χ0n) is 14.4. The smallest absolute Gasteiger partial charge is 0.266 e. The van der Waals surface area contributed by atoms with Crippen molar-refractivity contribution in [2.24, 2.45) is 0 Å². The average molecular weight is 403 g/mol. The largest absolute Gasteiger partial charge is 0.326 e. The van der Waals surface area contributed by atoms with Gasteiger partial charge in [-0.3, -0.25) is 14.5 Å². The third-order valence-corrected chi connectivity index (χ3v) is 6.33. The van der Waals surface area contributed by atoms with E-state index >= 15 is 0 Å². The highest BCUT2D eigenvalue weighted by molar-refractivity contribution is 8.26. The molecule has 1 aliphatic heterocycles. The van der Waals surface area contributed by atoms with Crippen molar-refractivity contribution in [3.8, 4) is 0 Å². The fourth-order valence-corrected chi connectivity index (χ4v) is 4.54. The van der Waals surface area contributed by atoms with Crippen LogP contribution in [-0.4, -0.2) is 27.6 Å². The van der Waals surface area contributed by atoms with Gasteiger partial charge in [-0.1, -0.05) is 42.2 Å². The Morgan fingerprint density at radius 2 is 2.08 bits per heavy atom. The van der Waals surface area contributed by atoms with Crippen LogP contribution in [-0.2, 0) is 9.59 Å². The average Bonchev–Trinajstić information content (AvgIpc) is 3.20. The molecule has 0 atom stereocenters. The summed E-state index contributed by atoms with van der Waals surface area (Å²) in [7, 11) is 0. The number of hydrogen-bond donors (Lipinski definition) is 1. The third-order valence-electron chi connectivity index (χ3n) is 4.13. The Morgan fingerprint density at radius 1 is 1.27 bits per heavy atom. The van der Waals surface area contributed by atoms with Gasteiger partial charge in [0.2, 0.25) is 5.91 Å². The van der Waals surface area contributed by atoms with Gasteiger partial charge >= 0.3 is 0 Å². The maximum atomic E-state index is 12.5. The van der Waals surface area contributed by atoms with E-state index in [2.05, 4.69) is 5.32 Å². The predicted molar refractivity (Wildman–Crippen MR) is 113 cm³/mol. The second-order valence-electron chi connectivity index (χ2n) is 5.89. The van der Waals surface area contributed by atoms with Gasteiger partial charge < -0.3 is 5.32 Å². The molecule has 3 rings (SSSR count). The lowest BCUT2D eigenvalue weighted by molar-refractivity contribution is -0.122. The van der Waals surface area contributed by atoms with E-state index in [1.54, 1.807) is 11.3 Å². The third kappa shape index (κ3) is 4.23. The van der Waals surface area contributed by atoms with Crippen LogP contribution in [0.15, 0.2) is 40.6 Å². The molecule has 1 aromatic carbocycles. The highest BCUT2D eigenvalue weighted by Gasteiger charge is 2.32. The highest BCUT2D eigenvalue weighted by atomic mass is 32.2. The van der Waals surface area contributed by atoms with Gasteiger partial charge in [-0.25, -0.2) is 0 Å². The summed E-state index contributed by atoms with van der Waals surface area (Å²) in [4.78, 5) is 27.9. The first-order chi connectivity index (χ1) is 12.5. The Balaban J connectivity index is 1.60. The Bertz CT molecular complexity index is 888. The minimum Gasteiger partial charge on any atom is -0.326 e. The fraction of sp³-hybridized carbons (Fsp3) is 0.211. The molecule has 26 heavy (non-hydrogen) atoms. The van der Waals surface area contributed by atoms with Gasteiger partial charge in [0.05, 0.1) is 4.91 Å². The molecule has 0 unspecified atom stereocenters. The second-order valence-corrected chi connectivity index (χ2v) is 8.55. The number of anilines is 1. The van der Waals surface area contributed by atoms with E-state index in [0.717, 1.165) is 21.7 Å². The van der Waals surface area contributed by atoms with E-state index in [9.17, 15) is 9.59 Å². The summed E-state index contributed by atoms with van der Waals surface area (Å²) in [6.45, 7) is 4.26. The van der Waals surface area contributed by atoms with Crippen molar-refractivity contribution in [3.05, 3.63) is 56.6 Å². The molecule has 2 heterocycles. The lowest BCUT2D eigenvalue weighted by Crippen LogP contribution is -2.31. The number of thiocarbonyl (C=S) groups is 1. The van der Waals surface area contributed by atoms with Crippen LogP contribution >= 0.6 is 35.3 Å². The first kappa shape index (κ1) is 18.8. The summed E-state index contributed by atoms with van der Waals surface area (Å²) in [6, 6.07) is 9.69. The molecule has 1 fully saturated rings. The molecule has 0 radical (unpaired) electrons. The Hall–Kier alpha value is -1.96. The lowest BCUT2D eigenvalue weighted by atomic mass is 10.1. The van der Waals surface area contributed by atoms with Gasteiger partial charge in [-0.2, -0.15) is 0 Å². The van der Waals surface area contributed by atoms with Crippen molar-refractivity contribution in [2.45, 2.75) is 20.3 Å². The molecule has 0 spiro atoms. The van der Waals surface area contributed by atoms with Crippen LogP contribution in [0.1, 0.15) is 22.4 Å². The van der Waals surface area contributed by atoms with Crippen molar-refractivity contribution in [2.75, 3.05) is 11.9 Å².